The van der Waals surface area contributed by atoms with Gasteiger partial charge in [0, 0.05) is 47.7 Å². The van der Waals surface area contributed by atoms with Gasteiger partial charge in [-0.25, -0.2) is 0 Å². The molecule has 1 heterocycles. The first kappa shape index (κ1) is 37.5. The Morgan fingerprint density at radius 3 is 2.33 bits per heavy atom. The smallest absolute Gasteiger partial charge is 0.126 e. The van der Waals surface area contributed by atoms with E-state index >= 15 is 0 Å². The number of aliphatic hydroxyl groups is 1. The van der Waals surface area contributed by atoms with Gasteiger partial charge in [-0.05, 0) is 106 Å². The second kappa shape index (κ2) is 19.0. The fourth-order valence-corrected chi connectivity index (χ4v) is 6.13. The van der Waals surface area contributed by atoms with Crippen molar-refractivity contribution < 1.29 is 19.3 Å². The highest BCUT2D eigenvalue weighted by Gasteiger charge is 2.22. The number of aliphatic hydroxyl groups excluding tert-OH is 1. The number of nitrogens with one attached hydrogen (secondary N) is 1. The van der Waals surface area contributed by atoms with E-state index in [-0.39, 0.29) is 12.5 Å². The Morgan fingerprint density at radius 2 is 1.69 bits per heavy atom. The number of nitrogens with zero attached hydrogens (tertiary/aromatic N) is 1. The predicted octanol–water partition coefficient (Wildman–Crippen LogP) is 9.86. The van der Waals surface area contributed by atoms with Gasteiger partial charge in [-0.15, -0.1) is 0 Å². The van der Waals surface area contributed by atoms with Crippen LogP contribution in [0.4, 0.5) is 0 Å². The molecule has 1 aromatic heterocycles. The zero-order valence-electron chi connectivity index (χ0n) is 29.8. The van der Waals surface area contributed by atoms with Crippen LogP contribution in [-0.2, 0) is 11.2 Å². The first-order valence-electron chi connectivity index (χ1n) is 17.5. The summed E-state index contributed by atoms with van der Waals surface area (Å²) in [7, 11) is 3.65. The van der Waals surface area contributed by atoms with Gasteiger partial charge in [0.2, 0.25) is 0 Å². The molecule has 1 aliphatic rings. The number of allylic oxidation sites excluding steroid dienone is 2. The number of aryl methyl sites for hydroxylation is 2. The first-order chi connectivity index (χ1) is 23.2. The molecule has 1 aliphatic carbocycles. The van der Waals surface area contributed by atoms with Crippen LogP contribution in [0.2, 0.25) is 5.02 Å². The van der Waals surface area contributed by atoms with E-state index in [1.807, 2.05) is 49.2 Å². The molecule has 0 saturated heterocycles. The van der Waals surface area contributed by atoms with Crippen LogP contribution in [0.25, 0.3) is 10.9 Å². The summed E-state index contributed by atoms with van der Waals surface area (Å²) in [5.74, 6) is 3.10. The quantitative estimate of drug-likeness (QED) is 0.109. The number of unbranched alkanes of at least 4 members (excludes halogenated alkanes) is 1. The predicted molar refractivity (Wildman–Crippen MR) is 200 cm³/mol. The van der Waals surface area contributed by atoms with Gasteiger partial charge in [-0.1, -0.05) is 74.5 Å². The molecule has 0 aliphatic heterocycles. The van der Waals surface area contributed by atoms with Crippen LogP contribution >= 0.6 is 11.6 Å². The monoisotopic (exact) mass is 674 g/mol. The zero-order chi connectivity index (χ0) is 34.5. The summed E-state index contributed by atoms with van der Waals surface area (Å²) >= 11 is 6.35. The van der Waals surface area contributed by atoms with Crippen LogP contribution in [0.3, 0.4) is 0 Å². The summed E-state index contributed by atoms with van der Waals surface area (Å²) in [4.78, 5) is 5.78. The Labute approximate surface area is 293 Å². The number of benzene rings is 3. The van der Waals surface area contributed by atoms with Crippen molar-refractivity contribution in [3.63, 3.8) is 0 Å². The first-order valence-corrected chi connectivity index (χ1v) is 17.9. The third-order valence-corrected chi connectivity index (χ3v) is 9.05. The van der Waals surface area contributed by atoms with Crippen LogP contribution in [-0.4, -0.2) is 61.6 Å². The second-order valence-corrected chi connectivity index (χ2v) is 13.5. The molecule has 2 atom stereocenters. The van der Waals surface area contributed by atoms with Crippen molar-refractivity contribution in [1.82, 2.24) is 9.88 Å². The molecule has 1 fully saturated rings. The van der Waals surface area contributed by atoms with Crippen molar-refractivity contribution in [1.29, 1.82) is 0 Å². The largest absolute Gasteiger partial charge is 0.491 e. The standard InChI is InChI=1S/C29H41ClN2O3.C12H14O/c1-5-7-9-25(29-26(8-6-2)27-18-22(30)12-15-28(27)31-29)21-10-13-24(14-11-21)35-20-23(33)19-32(3)16-17-34-4;1-9-3-7-12(8-4-9)13-10(2)11-5-6-11/h10-15,18,23,25,31,33H,5-9,16-17,19-20H2,1-4H3;3-4,7-8H,5-6H2,1-2H3. The number of hydrogen-bond acceptors (Lipinski definition) is 5. The summed E-state index contributed by atoms with van der Waals surface area (Å²) in [5, 5.41) is 12.3. The number of fused-ring (bicyclic) bond motifs is 1. The van der Waals surface area contributed by atoms with E-state index < -0.39 is 6.10 Å². The van der Waals surface area contributed by atoms with Gasteiger partial charge in [-0.3, -0.25) is 0 Å². The molecule has 2 unspecified atom stereocenters. The minimum atomic E-state index is -0.552. The molecule has 4 aromatic rings. The number of likely N-dealkylation sites (N-methyl/N-ethyl adjacent to an activating group) is 1. The van der Waals surface area contributed by atoms with Crippen LogP contribution in [0, 0.1) is 6.92 Å². The van der Waals surface area contributed by atoms with Crippen LogP contribution in [0.15, 0.2) is 78.1 Å². The zero-order valence-corrected chi connectivity index (χ0v) is 30.5. The molecule has 0 spiro atoms. The summed E-state index contributed by atoms with van der Waals surface area (Å²) in [6, 6.07) is 22.7. The fourth-order valence-electron chi connectivity index (χ4n) is 5.95. The van der Waals surface area contributed by atoms with Gasteiger partial charge in [0.25, 0.3) is 0 Å². The SMILES string of the molecule is CC(Oc1ccc(C)cc1)=C1CC1.CCCCC(c1ccc(OCC(O)CN(C)CCOC)cc1)c1[nH]c2ccc(Cl)cc2c1CCC. The van der Waals surface area contributed by atoms with Gasteiger partial charge in [0.1, 0.15) is 30.0 Å². The fraction of sp³-hybridized carbons (Fsp3) is 0.463. The van der Waals surface area contributed by atoms with Crippen LogP contribution in [0.5, 0.6) is 11.5 Å². The Bertz CT molecular complexity index is 1570. The van der Waals surface area contributed by atoms with E-state index in [0.717, 1.165) is 66.4 Å². The lowest BCUT2D eigenvalue weighted by molar-refractivity contribution is 0.0668. The van der Waals surface area contributed by atoms with E-state index in [0.29, 0.717) is 13.2 Å². The normalized spacial score (nSPS) is 13.6. The van der Waals surface area contributed by atoms with E-state index in [1.54, 1.807) is 7.11 Å². The molecular weight excluding hydrogens is 620 g/mol. The average molecular weight is 675 g/mol. The maximum Gasteiger partial charge on any atom is 0.126 e. The lowest BCUT2D eigenvalue weighted by Crippen LogP contribution is -2.34. The van der Waals surface area contributed by atoms with E-state index in [2.05, 4.69) is 62.2 Å². The van der Waals surface area contributed by atoms with Crippen LogP contribution < -0.4 is 9.47 Å². The molecule has 0 radical (unpaired) electrons. The Balaban J connectivity index is 0.000000331. The van der Waals surface area contributed by atoms with Crippen molar-refractivity contribution in [3.8, 4) is 11.5 Å². The minimum Gasteiger partial charge on any atom is -0.491 e. The molecule has 1 saturated carbocycles. The molecule has 7 heteroatoms. The number of aromatic amines is 1. The molecule has 3 aromatic carbocycles. The van der Waals surface area contributed by atoms with Gasteiger partial charge >= 0.3 is 0 Å². The minimum absolute atomic E-state index is 0.263. The van der Waals surface area contributed by atoms with Crippen molar-refractivity contribution in [2.45, 2.75) is 84.7 Å². The molecule has 5 rings (SSSR count). The number of rotatable bonds is 17. The number of ether oxygens (including phenoxy) is 3. The van der Waals surface area contributed by atoms with Crippen molar-refractivity contribution >= 4 is 22.5 Å². The maximum absolute atomic E-state index is 10.3. The molecule has 0 bridgehead atoms. The number of aromatic nitrogens is 1. The van der Waals surface area contributed by atoms with Gasteiger partial charge < -0.3 is 29.2 Å². The van der Waals surface area contributed by atoms with Crippen LogP contribution in [0.1, 0.15) is 87.6 Å². The van der Waals surface area contributed by atoms with Crippen molar-refractivity contribution in [2.75, 3.05) is 40.5 Å². The highest BCUT2D eigenvalue weighted by molar-refractivity contribution is 6.31. The Morgan fingerprint density at radius 1 is 0.979 bits per heavy atom. The van der Waals surface area contributed by atoms with Gasteiger partial charge in [-0.2, -0.15) is 0 Å². The van der Waals surface area contributed by atoms with Crippen molar-refractivity contribution in [2.24, 2.45) is 0 Å². The molecule has 0 amide bonds. The van der Waals surface area contributed by atoms with Crippen molar-refractivity contribution in [3.05, 3.63) is 105 Å². The second-order valence-electron chi connectivity index (χ2n) is 13.0. The summed E-state index contributed by atoms with van der Waals surface area (Å²) in [5.41, 5.74) is 7.84. The molecule has 260 valence electrons. The molecular formula is C41H55ClN2O4. The molecule has 2 N–H and O–H groups in total. The summed E-state index contributed by atoms with van der Waals surface area (Å²) in [6.07, 6.45) is 7.40. The number of hydrogen-bond donors (Lipinski definition) is 2. The third kappa shape index (κ3) is 11.4. The lowest BCUT2D eigenvalue weighted by atomic mass is 9.87. The number of H-pyrrole nitrogens is 1. The van der Waals surface area contributed by atoms with Gasteiger partial charge in [0.15, 0.2) is 0 Å². The third-order valence-electron chi connectivity index (χ3n) is 8.81. The number of halogens is 1. The molecule has 48 heavy (non-hydrogen) atoms. The summed E-state index contributed by atoms with van der Waals surface area (Å²) in [6.45, 7) is 10.8. The van der Waals surface area contributed by atoms with Gasteiger partial charge in [0.05, 0.1) is 6.61 Å². The Kier molecular flexibility index (Phi) is 14.9. The van der Waals surface area contributed by atoms with E-state index in [1.165, 1.54) is 46.2 Å². The van der Waals surface area contributed by atoms with E-state index in [9.17, 15) is 5.11 Å². The Hall–Kier alpha value is -3.29. The summed E-state index contributed by atoms with van der Waals surface area (Å²) < 4.78 is 16.7. The number of methoxy groups -OCH3 is 1. The lowest BCUT2D eigenvalue weighted by Gasteiger charge is -2.21. The molecule has 6 nitrogen and oxygen atoms in total. The van der Waals surface area contributed by atoms with E-state index in [4.69, 9.17) is 25.8 Å². The highest BCUT2D eigenvalue weighted by Crippen LogP contribution is 2.37. The maximum atomic E-state index is 10.3. The average Bonchev–Trinajstić information content (AvgIpc) is 3.88. The highest BCUT2D eigenvalue weighted by atomic mass is 35.5. The topological polar surface area (TPSA) is 66.9 Å².